The van der Waals surface area contributed by atoms with Crippen molar-refractivity contribution in [2.24, 2.45) is 0 Å². The Hall–Kier alpha value is -1.74. The molecule has 0 saturated heterocycles. The van der Waals surface area contributed by atoms with Gasteiger partial charge in [-0.05, 0) is 20.8 Å². The summed E-state index contributed by atoms with van der Waals surface area (Å²) >= 11 is 0. The fourth-order valence-corrected chi connectivity index (χ4v) is 1.54. The molecule has 0 radical (unpaired) electrons. The molecule has 0 fully saturated rings. The topological polar surface area (TPSA) is 107 Å². The van der Waals surface area contributed by atoms with Crippen molar-refractivity contribution >= 4 is 16.2 Å². The summed E-state index contributed by atoms with van der Waals surface area (Å²) in [6.07, 6.45) is 3.28. The average Bonchev–Trinajstić information content (AvgIpc) is 2.32. The van der Waals surface area contributed by atoms with E-state index < -0.39 is 21.8 Å². The van der Waals surface area contributed by atoms with Crippen LogP contribution in [0, 0.1) is 0 Å². The van der Waals surface area contributed by atoms with E-state index >= 15 is 0 Å². The zero-order chi connectivity index (χ0) is 16.1. The van der Waals surface area contributed by atoms with E-state index in [4.69, 9.17) is 4.74 Å². The Bertz CT molecular complexity index is 578. The number of aromatic nitrogens is 2. The largest absolute Gasteiger partial charge is 0.444 e. The number of carbonyl (C=O) groups excluding carboxylic acids is 1. The Kier molecular flexibility index (Phi) is 5.62. The Labute approximate surface area is 124 Å². The lowest BCUT2D eigenvalue weighted by Crippen LogP contribution is -2.32. The van der Waals surface area contributed by atoms with Crippen LogP contribution >= 0.6 is 0 Å². The first-order valence-corrected chi connectivity index (χ1v) is 7.98. The van der Waals surface area contributed by atoms with Gasteiger partial charge < -0.3 is 10.1 Å². The van der Waals surface area contributed by atoms with Crippen LogP contribution in [0.4, 0.5) is 4.79 Å². The second-order valence-corrected chi connectivity index (χ2v) is 6.97. The van der Waals surface area contributed by atoms with Crippen LogP contribution in [0.15, 0.2) is 12.4 Å². The van der Waals surface area contributed by atoms with Gasteiger partial charge in [-0.3, -0.25) is 4.18 Å². The number of nitrogens with zero attached hydrogens (tertiary/aromatic N) is 2. The lowest BCUT2D eigenvalue weighted by Gasteiger charge is -2.19. The van der Waals surface area contributed by atoms with Gasteiger partial charge in [-0.2, -0.15) is 8.42 Å². The van der Waals surface area contributed by atoms with Crippen LogP contribution in [-0.2, 0) is 32.2 Å². The van der Waals surface area contributed by atoms with Crippen LogP contribution in [0.3, 0.4) is 0 Å². The number of alkyl carbamates (subject to hydrolysis) is 1. The molecule has 1 aromatic rings. The molecule has 0 spiro atoms. The molecule has 0 bridgehead atoms. The van der Waals surface area contributed by atoms with E-state index in [1.807, 2.05) is 0 Å². The van der Waals surface area contributed by atoms with Crippen molar-refractivity contribution in [2.45, 2.75) is 39.5 Å². The van der Waals surface area contributed by atoms with E-state index in [0.717, 1.165) is 6.26 Å². The van der Waals surface area contributed by atoms with Crippen LogP contribution in [0.2, 0.25) is 0 Å². The molecule has 118 valence electrons. The maximum Gasteiger partial charge on any atom is 0.408 e. The first-order valence-electron chi connectivity index (χ1n) is 6.16. The van der Waals surface area contributed by atoms with E-state index in [9.17, 15) is 13.2 Å². The molecule has 1 aromatic heterocycles. The molecule has 0 aliphatic rings. The lowest BCUT2D eigenvalue weighted by atomic mass is 10.2. The monoisotopic (exact) mass is 317 g/mol. The summed E-state index contributed by atoms with van der Waals surface area (Å²) in [6.45, 7) is 5.28. The third-order valence-electron chi connectivity index (χ3n) is 1.99. The molecule has 0 aliphatic heterocycles. The maximum atomic E-state index is 11.4. The molecule has 8 nitrogen and oxygen atoms in total. The first kappa shape index (κ1) is 17.3. The van der Waals surface area contributed by atoms with Crippen LogP contribution in [0.5, 0.6) is 0 Å². The zero-order valence-corrected chi connectivity index (χ0v) is 13.2. The summed E-state index contributed by atoms with van der Waals surface area (Å²) in [5.41, 5.74) is -0.0564. The standard InChI is InChI=1S/C12H19N3O5S/c1-12(2,3)20-11(16)15-7-10-13-5-9(6-14-10)8-19-21(4,17)18/h5-6H,7-8H2,1-4H3,(H,15,16). The molecule has 0 aromatic carbocycles. The van der Waals surface area contributed by atoms with Crippen molar-refractivity contribution in [3.63, 3.8) is 0 Å². The van der Waals surface area contributed by atoms with Crippen LogP contribution in [0.25, 0.3) is 0 Å². The van der Waals surface area contributed by atoms with Crippen molar-refractivity contribution in [2.75, 3.05) is 6.26 Å². The second kappa shape index (κ2) is 6.81. The molecule has 1 heterocycles. The quantitative estimate of drug-likeness (QED) is 0.806. The Morgan fingerprint density at radius 3 is 2.33 bits per heavy atom. The third-order valence-corrected chi connectivity index (χ3v) is 2.53. The molecular formula is C12H19N3O5S. The molecule has 21 heavy (non-hydrogen) atoms. The van der Waals surface area contributed by atoms with Gasteiger partial charge in [0, 0.05) is 18.0 Å². The second-order valence-electron chi connectivity index (χ2n) is 5.33. The fourth-order valence-electron chi connectivity index (χ4n) is 1.19. The molecule has 0 aliphatic carbocycles. The molecule has 0 saturated carbocycles. The highest BCUT2D eigenvalue weighted by Crippen LogP contribution is 2.06. The molecule has 1 rings (SSSR count). The number of hydrogen-bond donors (Lipinski definition) is 1. The first-order chi connectivity index (χ1) is 9.55. The van der Waals surface area contributed by atoms with Gasteiger partial charge in [0.25, 0.3) is 10.1 Å². The van der Waals surface area contributed by atoms with Crippen molar-refractivity contribution < 1.29 is 22.1 Å². The number of nitrogens with one attached hydrogen (secondary N) is 1. The highest BCUT2D eigenvalue weighted by molar-refractivity contribution is 7.85. The third kappa shape index (κ3) is 8.20. The Morgan fingerprint density at radius 1 is 1.29 bits per heavy atom. The van der Waals surface area contributed by atoms with Crippen LogP contribution < -0.4 is 5.32 Å². The molecule has 9 heteroatoms. The Morgan fingerprint density at radius 2 is 1.86 bits per heavy atom. The summed E-state index contributed by atoms with van der Waals surface area (Å²) in [6, 6.07) is 0. The minimum absolute atomic E-state index is 0.113. The van der Waals surface area contributed by atoms with Gasteiger partial charge in [0.15, 0.2) is 0 Å². The number of hydrogen-bond acceptors (Lipinski definition) is 7. The molecule has 1 N–H and O–H groups in total. The van der Waals surface area contributed by atoms with Crippen LogP contribution in [0.1, 0.15) is 32.2 Å². The predicted molar refractivity (Wildman–Crippen MR) is 74.7 cm³/mol. The SMILES string of the molecule is CC(C)(C)OC(=O)NCc1ncc(COS(C)(=O)=O)cn1. The van der Waals surface area contributed by atoms with Gasteiger partial charge in [-0.1, -0.05) is 0 Å². The average molecular weight is 317 g/mol. The normalized spacial score (nSPS) is 12.0. The summed E-state index contributed by atoms with van der Waals surface area (Å²) in [7, 11) is -3.50. The van der Waals surface area contributed by atoms with Crippen molar-refractivity contribution in [1.29, 1.82) is 0 Å². The van der Waals surface area contributed by atoms with Gasteiger partial charge in [-0.15, -0.1) is 0 Å². The summed E-state index contributed by atoms with van der Waals surface area (Å²) < 4.78 is 31.4. The summed E-state index contributed by atoms with van der Waals surface area (Å²) in [4.78, 5) is 19.4. The van der Waals surface area contributed by atoms with Crippen molar-refractivity contribution in [1.82, 2.24) is 15.3 Å². The highest BCUT2D eigenvalue weighted by Gasteiger charge is 2.15. The Balaban J connectivity index is 2.46. The molecule has 1 amide bonds. The van der Waals surface area contributed by atoms with Crippen LogP contribution in [-0.4, -0.2) is 36.3 Å². The maximum absolute atomic E-state index is 11.4. The van der Waals surface area contributed by atoms with Crippen molar-refractivity contribution in [3.8, 4) is 0 Å². The van der Waals surface area contributed by atoms with E-state index in [2.05, 4.69) is 19.5 Å². The van der Waals surface area contributed by atoms with E-state index in [1.165, 1.54) is 12.4 Å². The van der Waals surface area contributed by atoms with Gasteiger partial charge in [0.2, 0.25) is 0 Å². The molecule has 0 unspecified atom stereocenters. The van der Waals surface area contributed by atoms with E-state index in [0.29, 0.717) is 11.4 Å². The number of rotatable bonds is 5. The minimum Gasteiger partial charge on any atom is -0.444 e. The highest BCUT2D eigenvalue weighted by atomic mass is 32.2. The fraction of sp³-hybridized carbons (Fsp3) is 0.583. The van der Waals surface area contributed by atoms with E-state index in [1.54, 1.807) is 20.8 Å². The number of carbonyl (C=O) groups is 1. The zero-order valence-electron chi connectivity index (χ0n) is 12.4. The predicted octanol–water partition coefficient (Wildman–Crippen LogP) is 0.977. The molecular weight excluding hydrogens is 298 g/mol. The van der Waals surface area contributed by atoms with Gasteiger partial charge in [-0.25, -0.2) is 14.8 Å². The molecule has 0 atom stereocenters. The smallest absolute Gasteiger partial charge is 0.408 e. The summed E-state index contributed by atoms with van der Waals surface area (Å²) in [5, 5.41) is 2.52. The lowest BCUT2D eigenvalue weighted by molar-refractivity contribution is 0.0522. The minimum atomic E-state index is -3.50. The number of ether oxygens (including phenoxy) is 1. The number of amides is 1. The van der Waals surface area contributed by atoms with Gasteiger partial charge in [0.1, 0.15) is 11.4 Å². The van der Waals surface area contributed by atoms with E-state index in [-0.39, 0.29) is 13.2 Å². The van der Waals surface area contributed by atoms with Crippen molar-refractivity contribution in [3.05, 3.63) is 23.8 Å². The van der Waals surface area contributed by atoms with Gasteiger partial charge in [0.05, 0.1) is 19.4 Å². The summed E-state index contributed by atoms with van der Waals surface area (Å²) in [5.74, 6) is 0.379. The van der Waals surface area contributed by atoms with Gasteiger partial charge >= 0.3 is 6.09 Å².